The van der Waals surface area contributed by atoms with Crippen molar-refractivity contribution in [1.29, 1.82) is 0 Å². The number of pyridine rings is 1. The lowest BCUT2D eigenvalue weighted by atomic mass is 9.75. The molecule has 1 aromatic carbocycles. The normalized spacial score (nSPS) is 24.8. The average molecular weight is 431 g/mol. The lowest BCUT2D eigenvalue weighted by Gasteiger charge is -2.52. The van der Waals surface area contributed by atoms with Crippen LogP contribution in [-0.4, -0.2) is 42.8 Å². The molecule has 0 radical (unpaired) electrons. The van der Waals surface area contributed by atoms with Crippen molar-refractivity contribution in [3.63, 3.8) is 0 Å². The van der Waals surface area contributed by atoms with E-state index in [1.54, 1.807) is 6.07 Å². The van der Waals surface area contributed by atoms with E-state index in [4.69, 9.17) is 0 Å². The highest BCUT2D eigenvalue weighted by molar-refractivity contribution is 5.40. The summed E-state index contributed by atoms with van der Waals surface area (Å²) in [6.45, 7) is 4.90. The number of tetrazole rings is 1. The minimum absolute atomic E-state index is 0.140. The summed E-state index contributed by atoms with van der Waals surface area (Å²) >= 11 is 0. The van der Waals surface area contributed by atoms with Gasteiger partial charge in [0.25, 0.3) is 5.56 Å². The first-order chi connectivity index (χ1) is 15.7. The van der Waals surface area contributed by atoms with Gasteiger partial charge in [0, 0.05) is 37.3 Å². The van der Waals surface area contributed by atoms with Gasteiger partial charge in [0.15, 0.2) is 5.82 Å². The number of piperidine rings is 1. The summed E-state index contributed by atoms with van der Waals surface area (Å²) < 4.78 is 4.00. The zero-order valence-corrected chi connectivity index (χ0v) is 18.7. The van der Waals surface area contributed by atoms with Gasteiger partial charge in [-0.2, -0.15) is 4.68 Å². The number of hydrogen-bond donors (Lipinski definition) is 0. The predicted molar refractivity (Wildman–Crippen MR) is 122 cm³/mol. The molecule has 6 rings (SSSR count). The van der Waals surface area contributed by atoms with E-state index in [0.717, 1.165) is 44.0 Å². The molecule has 3 aliphatic rings. The van der Waals surface area contributed by atoms with Gasteiger partial charge in [0.1, 0.15) is 0 Å². The van der Waals surface area contributed by atoms with Gasteiger partial charge in [0.05, 0.1) is 11.2 Å². The summed E-state index contributed by atoms with van der Waals surface area (Å²) in [7, 11) is 0. The number of nitrogens with zero attached hydrogens (tertiary/aromatic N) is 6. The molecule has 7 nitrogen and oxygen atoms in total. The van der Waals surface area contributed by atoms with Crippen LogP contribution in [0.25, 0.3) is 5.69 Å². The van der Waals surface area contributed by atoms with E-state index in [1.807, 2.05) is 15.3 Å². The number of aryl methyl sites for hydroxylation is 1. The van der Waals surface area contributed by atoms with Crippen molar-refractivity contribution in [3.05, 3.63) is 69.9 Å². The molecule has 2 aliphatic heterocycles. The summed E-state index contributed by atoms with van der Waals surface area (Å²) in [5, 5.41) is 13.3. The maximum atomic E-state index is 12.5. The highest BCUT2D eigenvalue weighted by Crippen LogP contribution is 2.47. The van der Waals surface area contributed by atoms with Gasteiger partial charge >= 0.3 is 0 Å². The first kappa shape index (κ1) is 19.9. The average Bonchev–Trinajstić information content (AvgIpc) is 3.31. The molecular weight excluding hydrogens is 400 g/mol. The van der Waals surface area contributed by atoms with Gasteiger partial charge in [-0.25, -0.2) is 0 Å². The maximum absolute atomic E-state index is 12.5. The summed E-state index contributed by atoms with van der Waals surface area (Å²) in [5.74, 6) is 1.86. The van der Waals surface area contributed by atoms with Crippen molar-refractivity contribution >= 4 is 0 Å². The Morgan fingerprint density at radius 3 is 2.66 bits per heavy atom. The van der Waals surface area contributed by atoms with Crippen LogP contribution >= 0.6 is 0 Å². The van der Waals surface area contributed by atoms with E-state index < -0.39 is 0 Å². The van der Waals surface area contributed by atoms with E-state index in [0.29, 0.717) is 11.8 Å². The molecule has 1 aliphatic carbocycles. The molecule has 2 aromatic heterocycles. The standard InChI is InChI=1S/C25H30N6O/c1-18-8-3-4-9-21(18)31-24(26-27-28-31)25(12-5-2-6-13-25)29-15-19-14-20(17-29)22-10-7-11-23(32)30(22)16-19/h3-4,7-11,19-20H,2,5-6,12-17H2,1H3/t19-,20-/m0/s1. The lowest BCUT2D eigenvalue weighted by Crippen LogP contribution is -2.57. The fourth-order valence-electron chi connectivity index (χ4n) is 6.50. The first-order valence-corrected chi connectivity index (χ1v) is 12.0. The van der Waals surface area contributed by atoms with Gasteiger partial charge in [0.2, 0.25) is 0 Å². The van der Waals surface area contributed by atoms with Crippen LogP contribution in [0.15, 0.2) is 47.3 Å². The molecule has 0 N–H and O–H groups in total. The van der Waals surface area contributed by atoms with E-state index >= 15 is 0 Å². The van der Waals surface area contributed by atoms with Crippen LogP contribution in [-0.2, 0) is 12.1 Å². The monoisotopic (exact) mass is 430 g/mol. The van der Waals surface area contributed by atoms with Crippen LogP contribution < -0.4 is 5.56 Å². The van der Waals surface area contributed by atoms with Crippen LogP contribution in [0.5, 0.6) is 0 Å². The fraction of sp³-hybridized carbons (Fsp3) is 0.520. The third-order valence-corrected chi connectivity index (χ3v) is 8.00. The Morgan fingerprint density at radius 2 is 1.81 bits per heavy atom. The SMILES string of the molecule is Cc1ccccc1-n1nnnc1C1(N2C[C@@H]3C[C@@H](C2)c2cccc(=O)n2C3)CCCCC1. The number of likely N-dealkylation sites (tertiary alicyclic amines) is 1. The molecule has 7 heteroatoms. The third-order valence-electron chi connectivity index (χ3n) is 8.00. The largest absolute Gasteiger partial charge is 0.312 e. The smallest absolute Gasteiger partial charge is 0.250 e. The molecule has 0 unspecified atom stereocenters. The molecule has 1 saturated heterocycles. The van der Waals surface area contributed by atoms with E-state index in [1.165, 1.54) is 36.9 Å². The Hall–Kier alpha value is -2.80. The Labute approximate surface area is 188 Å². The van der Waals surface area contributed by atoms with E-state index in [-0.39, 0.29) is 11.1 Å². The van der Waals surface area contributed by atoms with Gasteiger partial charge < -0.3 is 4.57 Å². The lowest BCUT2D eigenvalue weighted by molar-refractivity contribution is -0.0158. The zero-order valence-electron chi connectivity index (χ0n) is 18.7. The Morgan fingerprint density at radius 1 is 0.969 bits per heavy atom. The minimum Gasteiger partial charge on any atom is -0.312 e. The Kier molecular flexibility index (Phi) is 4.75. The van der Waals surface area contributed by atoms with E-state index in [9.17, 15) is 4.79 Å². The van der Waals surface area contributed by atoms with Gasteiger partial charge in [-0.1, -0.05) is 43.5 Å². The van der Waals surface area contributed by atoms with Crippen molar-refractivity contribution in [2.45, 2.75) is 63.5 Å². The van der Waals surface area contributed by atoms with Crippen molar-refractivity contribution in [2.75, 3.05) is 13.1 Å². The van der Waals surface area contributed by atoms with Crippen LogP contribution in [0.1, 0.15) is 61.5 Å². The Balaban J connectivity index is 1.43. The minimum atomic E-state index is -0.155. The van der Waals surface area contributed by atoms with Crippen molar-refractivity contribution in [2.24, 2.45) is 5.92 Å². The van der Waals surface area contributed by atoms with Crippen LogP contribution in [0.3, 0.4) is 0 Å². The number of fused-ring (bicyclic) bond motifs is 4. The summed E-state index contributed by atoms with van der Waals surface area (Å²) in [4.78, 5) is 15.2. The highest BCUT2D eigenvalue weighted by atomic mass is 16.1. The molecule has 32 heavy (non-hydrogen) atoms. The molecular formula is C25H30N6O. The molecule has 2 fully saturated rings. The second-order valence-corrected chi connectivity index (χ2v) is 9.90. The van der Waals surface area contributed by atoms with Crippen molar-refractivity contribution in [3.8, 4) is 5.69 Å². The summed E-state index contributed by atoms with van der Waals surface area (Å²) in [6, 6.07) is 14.1. The number of benzene rings is 1. The topological polar surface area (TPSA) is 68.8 Å². The quantitative estimate of drug-likeness (QED) is 0.637. The molecule has 4 heterocycles. The molecule has 3 aromatic rings. The second-order valence-electron chi connectivity index (χ2n) is 9.90. The molecule has 166 valence electrons. The molecule has 0 amide bonds. The van der Waals surface area contributed by atoms with Crippen LogP contribution in [0.4, 0.5) is 0 Å². The highest BCUT2D eigenvalue weighted by Gasteiger charge is 2.48. The van der Waals surface area contributed by atoms with Crippen LogP contribution in [0.2, 0.25) is 0 Å². The molecule has 0 spiro atoms. The molecule has 1 saturated carbocycles. The molecule has 2 bridgehead atoms. The van der Waals surface area contributed by atoms with Crippen molar-refractivity contribution < 1.29 is 0 Å². The first-order valence-electron chi connectivity index (χ1n) is 12.0. The number of para-hydroxylation sites is 1. The van der Waals surface area contributed by atoms with Crippen LogP contribution in [0, 0.1) is 12.8 Å². The second kappa shape index (κ2) is 7.66. The van der Waals surface area contributed by atoms with Gasteiger partial charge in [-0.3, -0.25) is 9.69 Å². The zero-order chi connectivity index (χ0) is 21.7. The Bertz CT molecular complexity index is 1190. The summed E-state index contributed by atoms with van der Waals surface area (Å²) in [6.07, 6.45) is 7.00. The molecule has 2 atom stereocenters. The third kappa shape index (κ3) is 3.05. The van der Waals surface area contributed by atoms with Gasteiger partial charge in [-0.05, 0) is 60.2 Å². The number of hydrogen-bond acceptors (Lipinski definition) is 5. The number of aromatic nitrogens is 5. The van der Waals surface area contributed by atoms with Gasteiger partial charge in [-0.15, -0.1) is 5.10 Å². The van der Waals surface area contributed by atoms with E-state index in [2.05, 4.69) is 57.7 Å². The fourth-order valence-corrected chi connectivity index (χ4v) is 6.50. The van der Waals surface area contributed by atoms with Crippen molar-refractivity contribution in [1.82, 2.24) is 29.7 Å². The number of rotatable bonds is 3. The summed E-state index contributed by atoms with van der Waals surface area (Å²) in [5.41, 5.74) is 3.42. The maximum Gasteiger partial charge on any atom is 0.250 e. The predicted octanol–water partition coefficient (Wildman–Crippen LogP) is 3.41.